The van der Waals surface area contributed by atoms with Crippen molar-refractivity contribution in [2.45, 2.75) is 19.3 Å². The number of para-hydroxylation sites is 2. The quantitative estimate of drug-likeness (QED) is 0.678. The van der Waals surface area contributed by atoms with Crippen LogP contribution in [0.5, 0.6) is 5.75 Å². The Morgan fingerprint density at radius 2 is 1.75 bits per heavy atom. The second-order valence-electron chi connectivity index (χ2n) is 7.18. The van der Waals surface area contributed by atoms with Crippen molar-refractivity contribution in [2.75, 3.05) is 30.4 Å². The van der Waals surface area contributed by atoms with Gasteiger partial charge in [-0.15, -0.1) is 0 Å². The number of aromatic nitrogens is 2. The molecule has 1 N–H and O–H groups in total. The minimum Gasteiger partial charge on any atom is -0.495 e. The number of anilines is 3. The first-order chi connectivity index (χ1) is 13.8. The Bertz CT molecular complexity index is 892. The van der Waals surface area contributed by atoms with Gasteiger partial charge in [0, 0.05) is 19.3 Å². The molecule has 2 aromatic carbocycles. The molecule has 5 nitrogen and oxygen atoms in total. The zero-order valence-electron chi connectivity index (χ0n) is 16.2. The summed E-state index contributed by atoms with van der Waals surface area (Å²) in [6.45, 7) is 2.06. The maximum atomic E-state index is 5.40. The van der Waals surface area contributed by atoms with Crippen molar-refractivity contribution in [3.8, 4) is 5.75 Å². The molecule has 144 valence electrons. The zero-order valence-corrected chi connectivity index (χ0v) is 16.2. The first-order valence-electron chi connectivity index (χ1n) is 9.84. The lowest BCUT2D eigenvalue weighted by Crippen LogP contribution is -2.35. The molecule has 1 aliphatic rings. The summed E-state index contributed by atoms with van der Waals surface area (Å²) in [5.41, 5.74) is 2.30. The molecule has 2 heterocycles. The van der Waals surface area contributed by atoms with Gasteiger partial charge in [-0.3, -0.25) is 0 Å². The van der Waals surface area contributed by atoms with Crippen LogP contribution in [0.15, 0.2) is 66.9 Å². The van der Waals surface area contributed by atoms with Crippen molar-refractivity contribution in [3.63, 3.8) is 0 Å². The number of ether oxygens (including phenoxy) is 1. The first kappa shape index (κ1) is 18.3. The summed E-state index contributed by atoms with van der Waals surface area (Å²) in [4.78, 5) is 11.5. The molecule has 5 heteroatoms. The van der Waals surface area contributed by atoms with Gasteiger partial charge in [-0.1, -0.05) is 42.5 Å². The van der Waals surface area contributed by atoms with Gasteiger partial charge in [0.2, 0.25) is 5.95 Å². The van der Waals surface area contributed by atoms with Crippen molar-refractivity contribution >= 4 is 17.5 Å². The van der Waals surface area contributed by atoms with Crippen LogP contribution in [0.2, 0.25) is 0 Å². The lowest BCUT2D eigenvalue weighted by atomic mass is 9.90. The Morgan fingerprint density at radius 1 is 1.00 bits per heavy atom. The van der Waals surface area contributed by atoms with Crippen LogP contribution in [-0.4, -0.2) is 30.2 Å². The van der Waals surface area contributed by atoms with Gasteiger partial charge in [0.25, 0.3) is 0 Å². The molecule has 0 amide bonds. The van der Waals surface area contributed by atoms with Crippen LogP contribution < -0.4 is 15.0 Å². The van der Waals surface area contributed by atoms with Crippen LogP contribution in [0, 0.1) is 5.92 Å². The van der Waals surface area contributed by atoms with Crippen molar-refractivity contribution < 1.29 is 4.74 Å². The standard InChI is InChI=1S/C23H26N4O/c1-28-21-10-6-5-9-20(21)25-23-24-14-11-22(26-23)27-15-12-19(13-16-27)17-18-7-3-2-4-8-18/h2-11,14,19H,12-13,15-17H2,1H3,(H,24,25,26). The highest BCUT2D eigenvalue weighted by atomic mass is 16.5. The number of piperidine rings is 1. The van der Waals surface area contributed by atoms with Gasteiger partial charge in [0.1, 0.15) is 11.6 Å². The highest BCUT2D eigenvalue weighted by Crippen LogP contribution is 2.28. The summed E-state index contributed by atoms with van der Waals surface area (Å²) >= 11 is 0. The van der Waals surface area contributed by atoms with Gasteiger partial charge in [-0.25, -0.2) is 4.98 Å². The summed E-state index contributed by atoms with van der Waals surface area (Å²) in [5.74, 6) is 3.09. The molecule has 3 aromatic rings. The van der Waals surface area contributed by atoms with Crippen molar-refractivity contribution in [2.24, 2.45) is 5.92 Å². The molecule has 0 spiro atoms. The molecular formula is C23H26N4O. The SMILES string of the molecule is COc1ccccc1Nc1nccc(N2CCC(Cc3ccccc3)CC2)n1. The van der Waals surface area contributed by atoms with E-state index in [2.05, 4.69) is 45.5 Å². The predicted octanol–water partition coefficient (Wildman–Crippen LogP) is 4.69. The Morgan fingerprint density at radius 3 is 2.54 bits per heavy atom. The van der Waals surface area contributed by atoms with E-state index >= 15 is 0 Å². The fourth-order valence-corrected chi connectivity index (χ4v) is 3.77. The van der Waals surface area contributed by atoms with Crippen LogP contribution in [-0.2, 0) is 6.42 Å². The normalized spacial score (nSPS) is 14.7. The minimum atomic E-state index is 0.591. The largest absolute Gasteiger partial charge is 0.495 e. The van der Waals surface area contributed by atoms with Crippen LogP contribution in [0.4, 0.5) is 17.5 Å². The van der Waals surface area contributed by atoms with Crippen molar-refractivity contribution in [1.29, 1.82) is 0 Å². The Hall–Kier alpha value is -3.08. The average Bonchev–Trinajstić information content (AvgIpc) is 2.76. The molecule has 28 heavy (non-hydrogen) atoms. The fraction of sp³-hybridized carbons (Fsp3) is 0.304. The molecule has 4 rings (SSSR count). The number of methoxy groups -OCH3 is 1. The third kappa shape index (κ3) is 4.42. The summed E-state index contributed by atoms with van der Waals surface area (Å²) < 4.78 is 5.40. The van der Waals surface area contributed by atoms with Gasteiger partial charge in [-0.05, 0) is 48.9 Å². The zero-order chi connectivity index (χ0) is 19.2. The number of hydrogen-bond acceptors (Lipinski definition) is 5. The molecule has 1 aliphatic heterocycles. The predicted molar refractivity (Wildman–Crippen MR) is 113 cm³/mol. The second-order valence-corrected chi connectivity index (χ2v) is 7.18. The summed E-state index contributed by atoms with van der Waals surface area (Å²) in [7, 11) is 1.66. The number of rotatable bonds is 6. The Labute approximate surface area is 166 Å². The van der Waals surface area contributed by atoms with E-state index in [9.17, 15) is 0 Å². The van der Waals surface area contributed by atoms with Crippen LogP contribution in [0.3, 0.4) is 0 Å². The monoisotopic (exact) mass is 374 g/mol. The number of nitrogens with one attached hydrogen (secondary N) is 1. The molecule has 0 bridgehead atoms. The first-order valence-corrected chi connectivity index (χ1v) is 9.84. The van der Waals surface area contributed by atoms with Crippen LogP contribution in [0.1, 0.15) is 18.4 Å². The Balaban J connectivity index is 1.38. The molecule has 1 fully saturated rings. The van der Waals surface area contributed by atoms with Gasteiger partial charge >= 0.3 is 0 Å². The second kappa shape index (κ2) is 8.74. The summed E-state index contributed by atoms with van der Waals surface area (Å²) in [5, 5.41) is 3.27. The van der Waals surface area contributed by atoms with E-state index in [4.69, 9.17) is 9.72 Å². The highest BCUT2D eigenvalue weighted by Gasteiger charge is 2.20. The molecule has 0 saturated carbocycles. The van der Waals surface area contributed by atoms with Gasteiger partial charge in [0.15, 0.2) is 0 Å². The third-order valence-electron chi connectivity index (χ3n) is 5.30. The summed E-state index contributed by atoms with van der Waals surface area (Å²) in [6, 6.07) is 20.6. The maximum Gasteiger partial charge on any atom is 0.229 e. The van der Waals surface area contributed by atoms with E-state index in [1.807, 2.05) is 36.5 Å². The van der Waals surface area contributed by atoms with Gasteiger partial charge in [0.05, 0.1) is 12.8 Å². The molecule has 0 unspecified atom stereocenters. The molecule has 0 atom stereocenters. The molecular weight excluding hydrogens is 348 g/mol. The average molecular weight is 374 g/mol. The van der Waals surface area contributed by atoms with Crippen molar-refractivity contribution in [3.05, 3.63) is 72.4 Å². The number of hydrogen-bond donors (Lipinski definition) is 1. The molecule has 1 aromatic heterocycles. The van der Waals surface area contributed by atoms with Crippen molar-refractivity contribution in [1.82, 2.24) is 9.97 Å². The molecule has 0 aliphatic carbocycles. The van der Waals surface area contributed by atoms with E-state index in [-0.39, 0.29) is 0 Å². The van der Waals surface area contributed by atoms with Crippen LogP contribution in [0.25, 0.3) is 0 Å². The van der Waals surface area contributed by atoms with Crippen LogP contribution >= 0.6 is 0 Å². The molecule has 0 radical (unpaired) electrons. The Kier molecular flexibility index (Phi) is 5.71. The lowest BCUT2D eigenvalue weighted by Gasteiger charge is -2.33. The fourth-order valence-electron chi connectivity index (χ4n) is 3.77. The van der Waals surface area contributed by atoms with E-state index in [1.54, 1.807) is 7.11 Å². The van der Waals surface area contributed by atoms with E-state index in [0.717, 1.165) is 36.3 Å². The van der Waals surface area contributed by atoms with Gasteiger partial charge < -0.3 is 15.0 Å². The lowest BCUT2D eigenvalue weighted by molar-refractivity contribution is 0.402. The minimum absolute atomic E-state index is 0.591. The van der Waals surface area contributed by atoms with Gasteiger partial charge in [-0.2, -0.15) is 4.98 Å². The maximum absolute atomic E-state index is 5.40. The highest BCUT2D eigenvalue weighted by molar-refractivity contribution is 5.63. The number of benzene rings is 2. The van der Waals surface area contributed by atoms with E-state index < -0.39 is 0 Å². The third-order valence-corrected chi connectivity index (χ3v) is 5.30. The smallest absolute Gasteiger partial charge is 0.229 e. The van der Waals surface area contributed by atoms with E-state index in [0.29, 0.717) is 5.95 Å². The molecule has 1 saturated heterocycles. The van der Waals surface area contributed by atoms with E-state index in [1.165, 1.54) is 24.8 Å². The summed E-state index contributed by atoms with van der Waals surface area (Å²) in [6.07, 6.45) is 5.36. The topological polar surface area (TPSA) is 50.3 Å². The number of nitrogens with zero attached hydrogens (tertiary/aromatic N) is 3.